The Hall–Kier alpha value is -1.43. The van der Waals surface area contributed by atoms with E-state index in [9.17, 15) is 9.18 Å². The summed E-state index contributed by atoms with van der Waals surface area (Å²) in [4.78, 5) is 12.2. The van der Waals surface area contributed by atoms with Gasteiger partial charge in [0.15, 0.2) is 6.10 Å². The number of rotatable bonds is 8. The van der Waals surface area contributed by atoms with E-state index in [1.54, 1.807) is 19.1 Å². The topological polar surface area (TPSA) is 38.3 Å². The molecule has 0 saturated carbocycles. The van der Waals surface area contributed by atoms with Crippen molar-refractivity contribution < 1.29 is 13.9 Å². The van der Waals surface area contributed by atoms with Crippen LogP contribution in [0.15, 0.2) is 30.3 Å². The molecule has 146 valence electrons. The number of carbonyl (C=O) groups excluding carboxylic acids is 1. The number of nitrogens with one attached hydrogen (secondary N) is 1. The first-order valence-electron chi connectivity index (χ1n) is 8.51. The summed E-state index contributed by atoms with van der Waals surface area (Å²) in [5.74, 6) is 1.19. The number of hydrogen-bond donors (Lipinski definition) is 1. The van der Waals surface area contributed by atoms with Crippen LogP contribution >= 0.6 is 35.0 Å². The monoisotopic (exact) mass is 429 g/mol. The van der Waals surface area contributed by atoms with Gasteiger partial charge in [0.05, 0.1) is 0 Å². The van der Waals surface area contributed by atoms with Crippen LogP contribution in [0.4, 0.5) is 4.39 Å². The first-order valence-corrected chi connectivity index (χ1v) is 10.4. The SMILES string of the molecule is Cc1cc(O[C@H](C)C(=O)NCCSCc2c(F)cccc2Cl)cc(C)c1Cl. The molecule has 0 radical (unpaired) electrons. The number of amides is 1. The van der Waals surface area contributed by atoms with Crippen LogP contribution in [0.3, 0.4) is 0 Å². The molecule has 1 amide bonds. The minimum atomic E-state index is -0.629. The molecule has 0 bridgehead atoms. The number of thioether (sulfide) groups is 1. The number of halogens is 3. The average molecular weight is 430 g/mol. The second-order valence-corrected chi connectivity index (χ2v) is 8.07. The summed E-state index contributed by atoms with van der Waals surface area (Å²) in [6.45, 7) is 5.95. The quantitative estimate of drug-likeness (QED) is 0.557. The minimum absolute atomic E-state index is 0.204. The van der Waals surface area contributed by atoms with Gasteiger partial charge in [0.1, 0.15) is 11.6 Å². The average Bonchev–Trinajstić information content (AvgIpc) is 2.61. The molecule has 3 nitrogen and oxygen atoms in total. The van der Waals surface area contributed by atoms with Gasteiger partial charge in [-0.25, -0.2) is 4.39 Å². The Morgan fingerprint density at radius 1 is 1.26 bits per heavy atom. The third kappa shape index (κ3) is 6.30. The van der Waals surface area contributed by atoms with Crippen molar-refractivity contribution >= 4 is 40.9 Å². The number of benzene rings is 2. The van der Waals surface area contributed by atoms with Gasteiger partial charge in [-0.2, -0.15) is 11.8 Å². The molecule has 7 heteroatoms. The molecule has 2 aromatic rings. The molecule has 0 aliphatic rings. The highest BCUT2D eigenvalue weighted by molar-refractivity contribution is 7.98. The van der Waals surface area contributed by atoms with E-state index in [1.807, 2.05) is 26.0 Å². The molecule has 1 atom stereocenters. The van der Waals surface area contributed by atoms with E-state index < -0.39 is 6.10 Å². The highest BCUT2D eigenvalue weighted by atomic mass is 35.5. The zero-order valence-electron chi connectivity index (χ0n) is 15.4. The first kappa shape index (κ1) is 21.9. The molecule has 0 unspecified atom stereocenters. The van der Waals surface area contributed by atoms with Gasteiger partial charge >= 0.3 is 0 Å². The molecule has 0 spiro atoms. The number of carbonyl (C=O) groups is 1. The van der Waals surface area contributed by atoms with Gasteiger partial charge in [-0.3, -0.25) is 4.79 Å². The van der Waals surface area contributed by atoms with Crippen LogP contribution < -0.4 is 10.1 Å². The zero-order valence-corrected chi connectivity index (χ0v) is 17.8. The normalized spacial score (nSPS) is 11.9. The molecule has 0 aliphatic carbocycles. The molecule has 0 aromatic heterocycles. The van der Waals surface area contributed by atoms with E-state index in [2.05, 4.69) is 5.32 Å². The van der Waals surface area contributed by atoms with Crippen molar-refractivity contribution in [2.75, 3.05) is 12.3 Å². The molecule has 0 heterocycles. The van der Waals surface area contributed by atoms with Crippen LogP contribution in [-0.4, -0.2) is 24.3 Å². The van der Waals surface area contributed by atoms with E-state index in [0.717, 1.165) is 11.1 Å². The van der Waals surface area contributed by atoms with Crippen LogP contribution in [0.2, 0.25) is 10.0 Å². The van der Waals surface area contributed by atoms with Gasteiger partial charge in [-0.1, -0.05) is 29.3 Å². The summed E-state index contributed by atoms with van der Waals surface area (Å²) in [6, 6.07) is 8.27. The van der Waals surface area contributed by atoms with E-state index in [4.69, 9.17) is 27.9 Å². The molecule has 0 aliphatic heterocycles. The fourth-order valence-electron chi connectivity index (χ4n) is 2.47. The van der Waals surface area contributed by atoms with Crippen molar-refractivity contribution in [1.29, 1.82) is 0 Å². The highest BCUT2D eigenvalue weighted by Gasteiger charge is 2.15. The zero-order chi connectivity index (χ0) is 20.0. The first-order chi connectivity index (χ1) is 12.8. The lowest BCUT2D eigenvalue weighted by Crippen LogP contribution is -2.37. The number of ether oxygens (including phenoxy) is 1. The Kier molecular flexibility index (Phi) is 8.27. The lowest BCUT2D eigenvalue weighted by molar-refractivity contribution is -0.127. The van der Waals surface area contributed by atoms with Gasteiger partial charge in [-0.05, 0) is 56.2 Å². The maximum Gasteiger partial charge on any atom is 0.260 e. The van der Waals surface area contributed by atoms with E-state index >= 15 is 0 Å². The van der Waals surface area contributed by atoms with E-state index in [-0.39, 0.29) is 11.7 Å². The summed E-state index contributed by atoms with van der Waals surface area (Å²) in [7, 11) is 0. The predicted octanol–water partition coefficient (Wildman–Crippen LogP) is 5.57. The molecule has 27 heavy (non-hydrogen) atoms. The standard InChI is InChI=1S/C20H22Cl2FNO2S/c1-12-9-15(10-13(2)19(12)22)26-14(3)20(25)24-7-8-27-11-16-17(21)5-4-6-18(16)23/h4-6,9-10,14H,7-8,11H2,1-3H3,(H,24,25)/t14-/m1/s1. The molecule has 0 fully saturated rings. The van der Waals surface area contributed by atoms with Crippen LogP contribution in [-0.2, 0) is 10.5 Å². The van der Waals surface area contributed by atoms with Gasteiger partial charge in [0.2, 0.25) is 0 Å². The third-order valence-corrected chi connectivity index (χ3v) is 5.88. The van der Waals surface area contributed by atoms with Gasteiger partial charge in [-0.15, -0.1) is 0 Å². The molecular weight excluding hydrogens is 408 g/mol. The molecule has 0 saturated heterocycles. The Labute approximate surface area is 173 Å². The molecule has 1 N–H and O–H groups in total. The minimum Gasteiger partial charge on any atom is -0.481 e. The van der Waals surface area contributed by atoms with E-state index in [0.29, 0.717) is 39.4 Å². The molecule has 2 aromatic carbocycles. The summed E-state index contributed by atoms with van der Waals surface area (Å²) >= 11 is 13.6. The smallest absolute Gasteiger partial charge is 0.260 e. The lowest BCUT2D eigenvalue weighted by Gasteiger charge is -2.16. The molecular formula is C20H22Cl2FNO2S. The number of aryl methyl sites for hydroxylation is 2. The Bertz CT molecular complexity index is 773. The summed E-state index contributed by atoms with van der Waals surface area (Å²) in [5, 5.41) is 3.94. The maximum absolute atomic E-state index is 13.7. The van der Waals surface area contributed by atoms with E-state index in [1.165, 1.54) is 17.8 Å². The van der Waals surface area contributed by atoms with Crippen molar-refractivity contribution in [3.05, 3.63) is 62.9 Å². The van der Waals surface area contributed by atoms with Crippen molar-refractivity contribution in [2.24, 2.45) is 0 Å². The van der Waals surface area contributed by atoms with Gasteiger partial charge in [0.25, 0.3) is 5.91 Å². The summed E-state index contributed by atoms with van der Waals surface area (Å²) in [6.07, 6.45) is -0.629. The second-order valence-electron chi connectivity index (χ2n) is 6.17. The van der Waals surface area contributed by atoms with Gasteiger partial charge in [0, 0.05) is 33.7 Å². The number of hydrogen-bond acceptors (Lipinski definition) is 3. The summed E-state index contributed by atoms with van der Waals surface area (Å²) in [5.41, 5.74) is 2.30. The summed E-state index contributed by atoms with van der Waals surface area (Å²) < 4.78 is 19.4. The van der Waals surface area contributed by atoms with Crippen LogP contribution in [0.25, 0.3) is 0 Å². The fourth-order valence-corrected chi connectivity index (χ4v) is 3.77. The van der Waals surface area contributed by atoms with Crippen molar-refractivity contribution in [3.63, 3.8) is 0 Å². The Morgan fingerprint density at radius 2 is 1.93 bits per heavy atom. The second kappa shape index (κ2) is 10.2. The third-order valence-electron chi connectivity index (χ3n) is 3.95. The lowest BCUT2D eigenvalue weighted by atomic mass is 10.1. The van der Waals surface area contributed by atoms with Crippen LogP contribution in [0.5, 0.6) is 5.75 Å². The Morgan fingerprint density at radius 3 is 2.56 bits per heavy atom. The fraction of sp³-hybridized carbons (Fsp3) is 0.350. The van der Waals surface area contributed by atoms with Crippen LogP contribution in [0.1, 0.15) is 23.6 Å². The van der Waals surface area contributed by atoms with Crippen molar-refractivity contribution in [2.45, 2.75) is 32.6 Å². The van der Waals surface area contributed by atoms with Gasteiger partial charge < -0.3 is 10.1 Å². The Balaban J connectivity index is 1.75. The highest BCUT2D eigenvalue weighted by Crippen LogP contribution is 2.26. The molecule has 2 rings (SSSR count). The van der Waals surface area contributed by atoms with Crippen molar-refractivity contribution in [3.8, 4) is 5.75 Å². The maximum atomic E-state index is 13.7. The predicted molar refractivity (Wildman–Crippen MR) is 112 cm³/mol. The van der Waals surface area contributed by atoms with Crippen LogP contribution in [0, 0.1) is 19.7 Å². The van der Waals surface area contributed by atoms with Crippen molar-refractivity contribution in [1.82, 2.24) is 5.32 Å². The largest absolute Gasteiger partial charge is 0.481 e.